The van der Waals surface area contributed by atoms with Gasteiger partial charge in [-0.05, 0) is 18.6 Å². The number of aromatic nitrogens is 1. The van der Waals surface area contributed by atoms with Crippen molar-refractivity contribution in [2.75, 3.05) is 6.61 Å². The molecule has 0 aliphatic heterocycles. The first-order valence-corrected chi connectivity index (χ1v) is 5.78. The zero-order chi connectivity index (χ0) is 12.8. The van der Waals surface area contributed by atoms with Crippen LogP contribution in [-0.4, -0.2) is 16.7 Å². The van der Waals surface area contributed by atoms with Gasteiger partial charge in [0.15, 0.2) is 11.5 Å². The van der Waals surface area contributed by atoms with E-state index in [0.717, 1.165) is 6.42 Å². The molecule has 5 nitrogen and oxygen atoms in total. The van der Waals surface area contributed by atoms with E-state index in [0.29, 0.717) is 23.8 Å². The number of aliphatic hydroxyl groups is 1. The van der Waals surface area contributed by atoms with E-state index in [2.05, 4.69) is 4.98 Å². The number of nitrogens with zero attached hydrogens (tertiary/aromatic N) is 1. The summed E-state index contributed by atoms with van der Waals surface area (Å²) in [5.74, 6) is 1.18. The largest absolute Gasteiger partial charge is 0.490 e. The Balaban J connectivity index is 2.12. The quantitative estimate of drug-likeness (QED) is 0.852. The van der Waals surface area contributed by atoms with Gasteiger partial charge in [-0.1, -0.05) is 19.1 Å². The molecular formula is C13H15NO4. The molecule has 5 heteroatoms. The Labute approximate surface area is 105 Å². The predicted octanol–water partition coefficient (Wildman–Crippen LogP) is 2.75. The van der Waals surface area contributed by atoms with Crippen LogP contribution in [0.3, 0.4) is 0 Å². The fourth-order valence-corrected chi connectivity index (χ4v) is 1.37. The first kappa shape index (κ1) is 12.4. The summed E-state index contributed by atoms with van der Waals surface area (Å²) in [5, 5.41) is 8.89. The summed E-state index contributed by atoms with van der Waals surface area (Å²) >= 11 is 0. The number of benzene rings is 1. The lowest BCUT2D eigenvalue weighted by atomic mass is 10.3. The second kappa shape index (κ2) is 6.07. The van der Waals surface area contributed by atoms with Crippen molar-refractivity contribution in [2.45, 2.75) is 20.0 Å². The van der Waals surface area contributed by atoms with Crippen LogP contribution in [0.5, 0.6) is 17.6 Å². The topological polar surface area (TPSA) is 64.7 Å². The van der Waals surface area contributed by atoms with E-state index in [1.165, 1.54) is 6.26 Å². The molecule has 0 amide bonds. The Bertz CT molecular complexity index is 495. The highest BCUT2D eigenvalue weighted by molar-refractivity contribution is 5.40. The van der Waals surface area contributed by atoms with Crippen LogP contribution >= 0.6 is 0 Å². The molecule has 2 aromatic rings. The summed E-state index contributed by atoms with van der Waals surface area (Å²) in [5.41, 5.74) is 0.428. The van der Waals surface area contributed by atoms with E-state index in [1.54, 1.807) is 6.07 Å². The van der Waals surface area contributed by atoms with Gasteiger partial charge in [-0.15, -0.1) is 0 Å². The fraction of sp³-hybridized carbons (Fsp3) is 0.308. The monoisotopic (exact) mass is 249 g/mol. The van der Waals surface area contributed by atoms with Crippen molar-refractivity contribution in [1.82, 2.24) is 4.98 Å². The highest BCUT2D eigenvalue weighted by Gasteiger charge is 2.09. The third-order valence-electron chi connectivity index (χ3n) is 2.20. The van der Waals surface area contributed by atoms with Crippen molar-refractivity contribution in [2.24, 2.45) is 0 Å². The van der Waals surface area contributed by atoms with Crippen LogP contribution in [0.4, 0.5) is 0 Å². The summed E-state index contributed by atoms with van der Waals surface area (Å²) in [4.78, 5) is 3.95. The first-order chi connectivity index (χ1) is 8.83. The molecule has 1 aromatic heterocycles. The minimum Gasteiger partial charge on any atom is -0.490 e. The number of para-hydroxylation sites is 2. The van der Waals surface area contributed by atoms with Crippen LogP contribution in [-0.2, 0) is 6.61 Å². The molecule has 2 rings (SSSR count). The van der Waals surface area contributed by atoms with Gasteiger partial charge in [0.25, 0.3) is 0 Å². The maximum atomic E-state index is 8.89. The molecule has 1 N–H and O–H groups in total. The second-order valence-corrected chi connectivity index (χ2v) is 3.66. The molecule has 0 radical (unpaired) electrons. The lowest BCUT2D eigenvalue weighted by Crippen LogP contribution is -1.97. The van der Waals surface area contributed by atoms with Gasteiger partial charge < -0.3 is 19.0 Å². The van der Waals surface area contributed by atoms with Crippen LogP contribution < -0.4 is 9.47 Å². The maximum Gasteiger partial charge on any atom is 0.399 e. The Morgan fingerprint density at radius 1 is 1.28 bits per heavy atom. The summed E-state index contributed by atoms with van der Waals surface area (Å²) in [7, 11) is 0. The number of hydrogen-bond donors (Lipinski definition) is 1. The fourth-order valence-electron chi connectivity index (χ4n) is 1.37. The molecular weight excluding hydrogens is 234 g/mol. The SMILES string of the molecule is CCCOc1ccccc1Oc1nc(CO)co1. The molecule has 0 aliphatic carbocycles. The smallest absolute Gasteiger partial charge is 0.399 e. The molecule has 0 aliphatic rings. The van der Waals surface area contributed by atoms with Gasteiger partial charge in [0.1, 0.15) is 12.0 Å². The molecule has 0 spiro atoms. The molecule has 96 valence electrons. The van der Waals surface area contributed by atoms with Gasteiger partial charge >= 0.3 is 6.08 Å². The van der Waals surface area contributed by atoms with E-state index in [9.17, 15) is 0 Å². The molecule has 1 aromatic carbocycles. The van der Waals surface area contributed by atoms with Crippen LogP contribution in [0.1, 0.15) is 19.0 Å². The van der Waals surface area contributed by atoms with Crippen LogP contribution in [0, 0.1) is 0 Å². The van der Waals surface area contributed by atoms with Gasteiger partial charge in [-0.3, -0.25) is 0 Å². The lowest BCUT2D eigenvalue weighted by molar-refractivity contribution is 0.276. The Kier molecular flexibility index (Phi) is 4.20. The van der Waals surface area contributed by atoms with E-state index in [1.807, 2.05) is 25.1 Å². The van der Waals surface area contributed by atoms with Crippen molar-refractivity contribution in [3.05, 3.63) is 36.2 Å². The third kappa shape index (κ3) is 3.01. The molecule has 0 fully saturated rings. The average molecular weight is 249 g/mol. The standard InChI is InChI=1S/C13H15NO4/c1-2-7-16-11-5-3-4-6-12(11)18-13-14-10(8-15)9-17-13/h3-6,9,15H,2,7-8H2,1H3. The number of aliphatic hydroxyl groups excluding tert-OH is 1. The Morgan fingerprint density at radius 2 is 2.06 bits per heavy atom. The molecule has 0 saturated heterocycles. The zero-order valence-corrected chi connectivity index (χ0v) is 10.1. The van der Waals surface area contributed by atoms with Gasteiger partial charge in [0.05, 0.1) is 13.2 Å². The summed E-state index contributed by atoms with van der Waals surface area (Å²) in [6.45, 7) is 2.47. The minimum atomic E-state index is -0.180. The van der Waals surface area contributed by atoms with Crippen molar-refractivity contribution in [3.8, 4) is 17.6 Å². The van der Waals surface area contributed by atoms with Crippen LogP contribution in [0.15, 0.2) is 34.9 Å². The van der Waals surface area contributed by atoms with Crippen LogP contribution in [0.2, 0.25) is 0 Å². The number of rotatable bonds is 6. The van der Waals surface area contributed by atoms with E-state index in [-0.39, 0.29) is 12.7 Å². The van der Waals surface area contributed by atoms with Crippen molar-refractivity contribution in [1.29, 1.82) is 0 Å². The number of ether oxygens (including phenoxy) is 2. The van der Waals surface area contributed by atoms with Crippen molar-refractivity contribution in [3.63, 3.8) is 0 Å². The van der Waals surface area contributed by atoms with Gasteiger partial charge in [-0.2, -0.15) is 4.98 Å². The van der Waals surface area contributed by atoms with E-state index >= 15 is 0 Å². The number of hydrogen-bond acceptors (Lipinski definition) is 5. The van der Waals surface area contributed by atoms with Crippen molar-refractivity contribution >= 4 is 0 Å². The number of oxazole rings is 1. The van der Waals surface area contributed by atoms with Gasteiger partial charge in [-0.25, -0.2) is 0 Å². The molecule has 0 unspecified atom stereocenters. The van der Waals surface area contributed by atoms with Gasteiger partial charge in [0, 0.05) is 0 Å². The highest BCUT2D eigenvalue weighted by atomic mass is 16.6. The normalized spacial score (nSPS) is 10.3. The first-order valence-electron chi connectivity index (χ1n) is 5.78. The predicted molar refractivity (Wildman–Crippen MR) is 64.7 cm³/mol. The van der Waals surface area contributed by atoms with Crippen molar-refractivity contribution < 1.29 is 19.0 Å². The second-order valence-electron chi connectivity index (χ2n) is 3.66. The minimum absolute atomic E-state index is 0.0894. The molecule has 0 saturated carbocycles. The van der Waals surface area contributed by atoms with E-state index in [4.69, 9.17) is 19.0 Å². The zero-order valence-electron chi connectivity index (χ0n) is 10.1. The Hall–Kier alpha value is -2.01. The third-order valence-corrected chi connectivity index (χ3v) is 2.20. The highest BCUT2D eigenvalue weighted by Crippen LogP contribution is 2.30. The lowest BCUT2D eigenvalue weighted by Gasteiger charge is -2.09. The molecule has 0 bridgehead atoms. The molecule has 1 heterocycles. The van der Waals surface area contributed by atoms with Crippen LogP contribution in [0.25, 0.3) is 0 Å². The van der Waals surface area contributed by atoms with E-state index < -0.39 is 0 Å². The summed E-state index contributed by atoms with van der Waals surface area (Å²) in [6.07, 6.45) is 2.36. The van der Waals surface area contributed by atoms with Gasteiger partial charge in [0.2, 0.25) is 0 Å². The molecule has 18 heavy (non-hydrogen) atoms. The summed E-state index contributed by atoms with van der Waals surface area (Å²) in [6, 6.07) is 7.30. The average Bonchev–Trinajstić information content (AvgIpc) is 2.85. The molecule has 0 atom stereocenters. The maximum absolute atomic E-state index is 8.89. The summed E-state index contributed by atoms with van der Waals surface area (Å²) < 4.78 is 16.1. The Morgan fingerprint density at radius 3 is 2.72 bits per heavy atom.